The van der Waals surface area contributed by atoms with Crippen LogP contribution in [0.15, 0.2) is 66.0 Å². The highest BCUT2D eigenvalue weighted by molar-refractivity contribution is 7.12. The molecule has 0 radical (unpaired) electrons. The van der Waals surface area contributed by atoms with Gasteiger partial charge in [-0.25, -0.2) is 0 Å². The number of thiophene rings is 1. The average molecular weight is 488 g/mol. The molecule has 0 saturated carbocycles. The minimum atomic E-state index is -4.35. The minimum Gasteiger partial charge on any atom is -0.349 e. The third-order valence-corrected chi connectivity index (χ3v) is 6.62. The van der Waals surface area contributed by atoms with Crippen LogP contribution in [0.1, 0.15) is 44.0 Å². The lowest BCUT2D eigenvalue weighted by atomic mass is 10.0. The van der Waals surface area contributed by atoms with Crippen LogP contribution in [0.2, 0.25) is 0 Å². The van der Waals surface area contributed by atoms with Gasteiger partial charge in [-0.05, 0) is 48.1 Å². The molecule has 9 heteroatoms. The first-order chi connectivity index (χ1) is 16.3. The van der Waals surface area contributed by atoms with E-state index in [0.717, 1.165) is 6.07 Å². The summed E-state index contributed by atoms with van der Waals surface area (Å²) < 4.78 is 38.9. The number of nitrogens with zero attached hydrogens (tertiary/aromatic N) is 1. The lowest BCUT2D eigenvalue weighted by Crippen LogP contribution is -2.44. The van der Waals surface area contributed by atoms with Gasteiger partial charge in [0.25, 0.3) is 11.8 Å². The third-order valence-electron chi connectivity index (χ3n) is 5.75. The van der Waals surface area contributed by atoms with Crippen LogP contribution in [0.3, 0.4) is 0 Å². The number of alkyl halides is 3. The van der Waals surface area contributed by atoms with Crippen molar-refractivity contribution in [1.82, 2.24) is 10.2 Å². The lowest BCUT2D eigenvalue weighted by Gasteiger charge is -2.32. The van der Waals surface area contributed by atoms with Crippen molar-refractivity contribution in [3.8, 4) is 0 Å². The third kappa shape index (κ3) is 6.03. The predicted octanol–water partition coefficient (Wildman–Crippen LogP) is 5.41. The summed E-state index contributed by atoms with van der Waals surface area (Å²) in [6.07, 6.45) is -2.98. The molecule has 1 saturated heterocycles. The molecule has 1 fully saturated rings. The Balaban J connectivity index is 1.32. The smallest absolute Gasteiger partial charge is 0.349 e. The normalized spacial score (nSPS) is 15.1. The number of carbonyl (C=O) groups is 2. The summed E-state index contributed by atoms with van der Waals surface area (Å²) >= 11 is 1.32. The molecule has 0 spiro atoms. The first-order valence-electron chi connectivity index (χ1n) is 10.9. The molecule has 0 aliphatic carbocycles. The number of benzene rings is 2. The first kappa shape index (κ1) is 24.0. The number of hydrogen-bond donors (Lipinski definition) is 2. The fourth-order valence-corrected chi connectivity index (χ4v) is 4.60. The summed E-state index contributed by atoms with van der Waals surface area (Å²) in [5.41, 5.74) is 0.809. The van der Waals surface area contributed by atoms with Gasteiger partial charge in [-0.3, -0.25) is 14.5 Å². The predicted molar refractivity (Wildman–Crippen MR) is 126 cm³/mol. The molecule has 2 heterocycles. The lowest BCUT2D eigenvalue weighted by molar-refractivity contribution is -0.137. The van der Waals surface area contributed by atoms with E-state index < -0.39 is 11.7 Å². The summed E-state index contributed by atoms with van der Waals surface area (Å²) in [7, 11) is 0. The Morgan fingerprint density at radius 1 is 0.971 bits per heavy atom. The Labute approximate surface area is 199 Å². The number of hydrogen-bond acceptors (Lipinski definition) is 4. The highest BCUT2D eigenvalue weighted by Crippen LogP contribution is 2.30. The molecule has 0 unspecified atom stereocenters. The van der Waals surface area contributed by atoms with Crippen molar-refractivity contribution in [2.24, 2.45) is 0 Å². The SMILES string of the molecule is O=C(Nc1ccccc1C(=O)NC1CCN(Cc2cccc(C(F)(F)F)c2)CC1)c1cccs1. The molecule has 3 aromatic rings. The fourth-order valence-electron chi connectivity index (χ4n) is 3.98. The Bertz CT molecular complexity index is 1140. The van der Waals surface area contributed by atoms with Gasteiger partial charge in [0, 0.05) is 25.7 Å². The Morgan fingerprint density at radius 2 is 1.74 bits per heavy atom. The largest absolute Gasteiger partial charge is 0.416 e. The summed E-state index contributed by atoms with van der Waals surface area (Å²) in [5, 5.41) is 7.65. The molecule has 5 nitrogen and oxygen atoms in total. The van der Waals surface area contributed by atoms with Gasteiger partial charge in [0.05, 0.1) is 21.7 Å². The highest BCUT2D eigenvalue weighted by Gasteiger charge is 2.30. The zero-order valence-electron chi connectivity index (χ0n) is 18.3. The number of para-hydroxylation sites is 1. The van der Waals surface area contributed by atoms with Crippen LogP contribution < -0.4 is 10.6 Å². The highest BCUT2D eigenvalue weighted by atomic mass is 32.1. The molecule has 2 N–H and O–H groups in total. The zero-order chi connectivity index (χ0) is 24.1. The monoisotopic (exact) mass is 487 g/mol. The van der Waals surface area contributed by atoms with E-state index in [4.69, 9.17) is 0 Å². The maximum Gasteiger partial charge on any atom is 0.416 e. The van der Waals surface area contributed by atoms with E-state index in [-0.39, 0.29) is 17.9 Å². The van der Waals surface area contributed by atoms with Crippen LogP contribution in [0, 0.1) is 0 Å². The summed E-state index contributed by atoms with van der Waals surface area (Å²) in [6, 6.07) is 15.7. The van der Waals surface area contributed by atoms with Gasteiger partial charge >= 0.3 is 6.18 Å². The Hall–Kier alpha value is -3.17. The second-order valence-electron chi connectivity index (χ2n) is 8.20. The van der Waals surface area contributed by atoms with E-state index in [1.165, 1.54) is 23.5 Å². The van der Waals surface area contributed by atoms with Crippen molar-refractivity contribution >= 4 is 28.8 Å². The first-order valence-corrected chi connectivity index (χ1v) is 11.8. The molecule has 0 bridgehead atoms. The number of piperidine rings is 1. The molecule has 1 aliphatic rings. The van der Waals surface area contributed by atoms with Crippen LogP contribution >= 0.6 is 11.3 Å². The van der Waals surface area contributed by atoms with Gasteiger partial charge in [-0.2, -0.15) is 13.2 Å². The van der Waals surface area contributed by atoms with E-state index in [0.29, 0.717) is 54.2 Å². The molecule has 0 atom stereocenters. The maximum absolute atomic E-state index is 13.0. The Kier molecular flexibility index (Phi) is 7.33. The van der Waals surface area contributed by atoms with Crippen molar-refractivity contribution in [2.45, 2.75) is 31.6 Å². The molecular formula is C25H24F3N3O2S. The second-order valence-corrected chi connectivity index (χ2v) is 9.15. The van der Waals surface area contributed by atoms with Crippen LogP contribution in [0.25, 0.3) is 0 Å². The summed E-state index contributed by atoms with van der Waals surface area (Å²) in [4.78, 5) is 28.0. The quantitative estimate of drug-likeness (QED) is 0.489. The molecular weight excluding hydrogens is 463 g/mol. The van der Waals surface area contributed by atoms with Gasteiger partial charge in [-0.1, -0.05) is 36.4 Å². The molecule has 178 valence electrons. The maximum atomic E-state index is 13.0. The number of halogens is 3. The summed E-state index contributed by atoms with van der Waals surface area (Å²) in [5.74, 6) is -0.531. The van der Waals surface area contributed by atoms with Gasteiger partial charge < -0.3 is 10.6 Å². The minimum absolute atomic E-state index is 0.0497. The fraction of sp³-hybridized carbons (Fsp3) is 0.280. The zero-order valence-corrected chi connectivity index (χ0v) is 19.1. The van der Waals surface area contributed by atoms with Gasteiger partial charge in [0.2, 0.25) is 0 Å². The molecule has 4 rings (SSSR count). The van der Waals surface area contributed by atoms with Crippen LogP contribution in [-0.4, -0.2) is 35.8 Å². The van der Waals surface area contributed by atoms with E-state index in [1.807, 2.05) is 5.38 Å². The van der Waals surface area contributed by atoms with Gasteiger partial charge in [0.15, 0.2) is 0 Å². The van der Waals surface area contributed by atoms with Crippen LogP contribution in [0.5, 0.6) is 0 Å². The van der Waals surface area contributed by atoms with Crippen LogP contribution in [-0.2, 0) is 12.7 Å². The van der Waals surface area contributed by atoms with Crippen molar-refractivity contribution in [1.29, 1.82) is 0 Å². The molecule has 2 aromatic carbocycles. The van der Waals surface area contributed by atoms with Gasteiger partial charge in [-0.15, -0.1) is 11.3 Å². The van der Waals surface area contributed by atoms with E-state index in [1.54, 1.807) is 42.5 Å². The second kappa shape index (κ2) is 10.4. The van der Waals surface area contributed by atoms with Crippen molar-refractivity contribution in [3.05, 3.63) is 87.6 Å². The number of carbonyl (C=O) groups excluding carboxylic acids is 2. The van der Waals surface area contributed by atoms with Crippen molar-refractivity contribution in [3.63, 3.8) is 0 Å². The van der Waals surface area contributed by atoms with Gasteiger partial charge in [0.1, 0.15) is 0 Å². The number of likely N-dealkylation sites (tertiary alicyclic amines) is 1. The summed E-state index contributed by atoms with van der Waals surface area (Å²) in [6.45, 7) is 1.76. The van der Waals surface area contributed by atoms with Crippen LogP contribution in [0.4, 0.5) is 18.9 Å². The Morgan fingerprint density at radius 3 is 2.44 bits per heavy atom. The number of nitrogens with one attached hydrogen (secondary N) is 2. The molecule has 34 heavy (non-hydrogen) atoms. The van der Waals surface area contributed by atoms with Crippen molar-refractivity contribution in [2.75, 3.05) is 18.4 Å². The standard InChI is InChI=1S/C25H24F3N3O2S/c26-25(27,28)18-6-3-5-17(15-18)16-31-12-10-19(11-13-31)29-23(32)20-7-1-2-8-21(20)30-24(33)22-9-4-14-34-22/h1-9,14-15,19H,10-13,16H2,(H,29,32)(H,30,33). The van der Waals surface area contributed by atoms with E-state index >= 15 is 0 Å². The number of anilines is 1. The van der Waals surface area contributed by atoms with E-state index in [9.17, 15) is 22.8 Å². The van der Waals surface area contributed by atoms with Crippen molar-refractivity contribution < 1.29 is 22.8 Å². The topological polar surface area (TPSA) is 61.4 Å². The number of rotatable bonds is 6. The number of amides is 2. The molecule has 2 amide bonds. The van der Waals surface area contributed by atoms with E-state index in [2.05, 4.69) is 15.5 Å². The average Bonchev–Trinajstić information content (AvgIpc) is 3.36. The molecule has 1 aliphatic heterocycles. The molecule has 1 aromatic heterocycles.